The van der Waals surface area contributed by atoms with Crippen LogP contribution >= 0.6 is 0 Å². The van der Waals surface area contributed by atoms with Gasteiger partial charge in [0.25, 0.3) is 0 Å². The monoisotopic (exact) mass is 311 g/mol. The van der Waals surface area contributed by atoms with Gasteiger partial charge in [0.05, 0.1) is 12.8 Å². The second-order valence-corrected chi connectivity index (χ2v) is 6.24. The molecule has 112 valence electrons. The number of ether oxygens (including phenoxy) is 1. The van der Waals surface area contributed by atoms with Gasteiger partial charge in [-0.3, -0.25) is 4.98 Å². The largest absolute Gasteiger partial charge is 0.497 e. The van der Waals surface area contributed by atoms with Crippen LogP contribution in [0.4, 0.5) is 0 Å². The number of carboxylic acid groups (broad SMARTS) is 1. The molecule has 0 bridgehead atoms. The minimum atomic E-state index is -3.82. The number of aryl methyl sites for hydroxylation is 1. The zero-order valence-corrected chi connectivity index (χ0v) is 12.2. The summed E-state index contributed by atoms with van der Waals surface area (Å²) in [4.78, 5) is 14.8. The maximum Gasteiger partial charge on any atom is 0.371 e. The molecule has 0 unspecified atom stereocenters. The maximum atomic E-state index is 12.2. The predicted molar refractivity (Wildman–Crippen MR) is 72.1 cm³/mol. The fourth-order valence-corrected chi connectivity index (χ4v) is 2.93. The quantitative estimate of drug-likeness (QED) is 0.894. The second-order valence-electron chi connectivity index (χ2n) is 4.32. The lowest BCUT2D eigenvalue weighted by molar-refractivity contribution is 0.0656. The standard InChI is InChI=1S/C13H13NO6S/c1-8-5-10(19-2)6-9(14-8)7-21(17,18)12-4-3-11(20-12)13(15)16/h3-6H,7H2,1-2H3,(H,15,16). The Morgan fingerprint density at radius 2 is 2.10 bits per heavy atom. The van der Waals surface area contributed by atoms with Crippen LogP contribution in [0.2, 0.25) is 0 Å². The van der Waals surface area contributed by atoms with Crippen LogP contribution in [0.3, 0.4) is 0 Å². The molecule has 0 fully saturated rings. The Morgan fingerprint density at radius 1 is 1.38 bits per heavy atom. The second kappa shape index (κ2) is 5.57. The number of aromatic carboxylic acids is 1. The number of hydrogen-bond donors (Lipinski definition) is 1. The molecule has 2 rings (SSSR count). The summed E-state index contributed by atoms with van der Waals surface area (Å²) in [5, 5.41) is 8.34. The first-order valence-electron chi connectivity index (χ1n) is 5.89. The summed E-state index contributed by atoms with van der Waals surface area (Å²) >= 11 is 0. The van der Waals surface area contributed by atoms with Crippen molar-refractivity contribution < 1.29 is 27.5 Å². The molecular formula is C13H13NO6S. The number of rotatable bonds is 5. The van der Waals surface area contributed by atoms with Gasteiger partial charge in [-0.2, -0.15) is 0 Å². The molecule has 21 heavy (non-hydrogen) atoms. The van der Waals surface area contributed by atoms with Gasteiger partial charge >= 0.3 is 5.97 Å². The minimum absolute atomic E-state index is 0.292. The Hall–Kier alpha value is -2.35. The molecule has 7 nitrogen and oxygen atoms in total. The van der Waals surface area contributed by atoms with Crippen molar-refractivity contribution in [2.45, 2.75) is 17.8 Å². The van der Waals surface area contributed by atoms with Crippen molar-refractivity contribution >= 4 is 15.8 Å². The SMILES string of the molecule is COc1cc(C)nc(CS(=O)(=O)c2ccc(C(=O)O)o2)c1. The Balaban J connectivity index is 2.32. The fraction of sp³-hybridized carbons (Fsp3) is 0.231. The molecule has 0 aliphatic heterocycles. The predicted octanol–water partition coefficient (Wildman–Crippen LogP) is 1.66. The first-order valence-corrected chi connectivity index (χ1v) is 7.54. The minimum Gasteiger partial charge on any atom is -0.497 e. The molecule has 2 aromatic heterocycles. The smallest absolute Gasteiger partial charge is 0.371 e. The van der Waals surface area contributed by atoms with E-state index < -0.39 is 32.4 Å². The van der Waals surface area contributed by atoms with E-state index in [1.165, 1.54) is 13.2 Å². The van der Waals surface area contributed by atoms with Crippen LogP contribution < -0.4 is 4.74 Å². The van der Waals surface area contributed by atoms with Crippen LogP contribution in [-0.4, -0.2) is 31.6 Å². The Bertz CT molecular complexity index is 778. The molecule has 0 aromatic carbocycles. The Morgan fingerprint density at radius 3 is 2.67 bits per heavy atom. The average Bonchev–Trinajstić information content (AvgIpc) is 2.87. The molecule has 0 spiro atoms. The molecule has 0 aliphatic carbocycles. The number of pyridine rings is 1. The number of carboxylic acids is 1. The Kier molecular flexibility index (Phi) is 3.99. The van der Waals surface area contributed by atoms with E-state index in [1.54, 1.807) is 13.0 Å². The van der Waals surface area contributed by atoms with Crippen LogP contribution in [-0.2, 0) is 15.6 Å². The summed E-state index contributed by atoms with van der Waals surface area (Å²) in [7, 11) is -2.34. The molecule has 0 amide bonds. The van der Waals surface area contributed by atoms with E-state index in [9.17, 15) is 13.2 Å². The lowest BCUT2D eigenvalue weighted by Crippen LogP contribution is -2.06. The maximum absolute atomic E-state index is 12.2. The number of sulfone groups is 1. The highest BCUT2D eigenvalue weighted by Crippen LogP contribution is 2.21. The van der Waals surface area contributed by atoms with E-state index in [4.69, 9.17) is 14.3 Å². The van der Waals surface area contributed by atoms with Gasteiger partial charge in [-0.05, 0) is 19.1 Å². The van der Waals surface area contributed by atoms with E-state index in [-0.39, 0.29) is 0 Å². The highest BCUT2D eigenvalue weighted by atomic mass is 32.2. The van der Waals surface area contributed by atoms with Crippen molar-refractivity contribution in [3.63, 3.8) is 0 Å². The van der Waals surface area contributed by atoms with Crippen molar-refractivity contribution in [1.29, 1.82) is 0 Å². The van der Waals surface area contributed by atoms with Crippen LogP contribution in [0.1, 0.15) is 21.9 Å². The van der Waals surface area contributed by atoms with Gasteiger partial charge in [-0.1, -0.05) is 0 Å². The van der Waals surface area contributed by atoms with Crippen molar-refractivity contribution in [3.05, 3.63) is 41.4 Å². The third-order valence-electron chi connectivity index (χ3n) is 2.65. The number of methoxy groups -OCH3 is 1. The van der Waals surface area contributed by atoms with Crippen LogP contribution in [0.5, 0.6) is 5.75 Å². The summed E-state index contributed by atoms with van der Waals surface area (Å²) in [6.45, 7) is 1.72. The van der Waals surface area contributed by atoms with Gasteiger partial charge in [0.2, 0.25) is 20.7 Å². The first-order chi connectivity index (χ1) is 9.81. The van der Waals surface area contributed by atoms with Gasteiger partial charge < -0.3 is 14.3 Å². The molecule has 0 radical (unpaired) electrons. The topological polar surface area (TPSA) is 107 Å². The Labute approximate surface area is 121 Å². The summed E-state index contributed by atoms with van der Waals surface area (Å²) < 4.78 is 34.2. The third-order valence-corrected chi connectivity index (χ3v) is 4.16. The van der Waals surface area contributed by atoms with E-state index in [0.29, 0.717) is 17.1 Å². The number of carbonyl (C=O) groups is 1. The normalized spacial score (nSPS) is 11.3. The number of furan rings is 1. The summed E-state index contributed by atoms with van der Waals surface area (Å²) in [6, 6.07) is 5.39. The fourth-order valence-electron chi connectivity index (χ4n) is 1.76. The van der Waals surface area contributed by atoms with E-state index in [1.807, 2.05) is 0 Å². The summed E-state index contributed by atoms with van der Waals surface area (Å²) in [6.07, 6.45) is 0. The van der Waals surface area contributed by atoms with Crippen molar-refractivity contribution in [2.24, 2.45) is 0 Å². The van der Waals surface area contributed by atoms with Gasteiger partial charge in [0.15, 0.2) is 0 Å². The molecular weight excluding hydrogens is 298 g/mol. The van der Waals surface area contributed by atoms with Crippen LogP contribution in [0.15, 0.2) is 33.8 Å². The molecule has 0 saturated carbocycles. The van der Waals surface area contributed by atoms with Gasteiger partial charge in [-0.25, -0.2) is 13.2 Å². The van der Waals surface area contributed by atoms with E-state index in [2.05, 4.69) is 4.98 Å². The summed E-state index contributed by atoms with van der Waals surface area (Å²) in [5.41, 5.74) is 0.908. The molecule has 0 saturated heterocycles. The molecule has 1 N–H and O–H groups in total. The highest BCUT2D eigenvalue weighted by molar-refractivity contribution is 7.90. The average molecular weight is 311 g/mol. The van der Waals surface area contributed by atoms with Gasteiger partial charge in [0.1, 0.15) is 11.5 Å². The van der Waals surface area contributed by atoms with Crippen molar-refractivity contribution in [1.82, 2.24) is 4.98 Å². The molecule has 2 heterocycles. The first kappa shape index (κ1) is 15.0. The number of aromatic nitrogens is 1. The summed E-state index contributed by atoms with van der Waals surface area (Å²) in [5.74, 6) is -1.66. The number of hydrogen-bond acceptors (Lipinski definition) is 6. The lowest BCUT2D eigenvalue weighted by atomic mass is 10.3. The van der Waals surface area contributed by atoms with Crippen molar-refractivity contribution in [2.75, 3.05) is 7.11 Å². The molecule has 8 heteroatoms. The van der Waals surface area contributed by atoms with Crippen molar-refractivity contribution in [3.8, 4) is 5.75 Å². The molecule has 0 aliphatic rings. The van der Waals surface area contributed by atoms with E-state index >= 15 is 0 Å². The molecule has 2 aromatic rings. The zero-order valence-electron chi connectivity index (χ0n) is 11.4. The molecule has 0 atom stereocenters. The highest BCUT2D eigenvalue weighted by Gasteiger charge is 2.22. The van der Waals surface area contributed by atoms with Gasteiger partial charge in [-0.15, -0.1) is 0 Å². The van der Waals surface area contributed by atoms with Crippen LogP contribution in [0, 0.1) is 6.92 Å². The third kappa shape index (κ3) is 3.40. The lowest BCUT2D eigenvalue weighted by Gasteiger charge is -2.05. The zero-order chi connectivity index (χ0) is 15.6. The van der Waals surface area contributed by atoms with E-state index in [0.717, 1.165) is 12.1 Å². The number of nitrogens with zero attached hydrogens (tertiary/aromatic N) is 1. The van der Waals surface area contributed by atoms with Gasteiger partial charge in [0, 0.05) is 17.8 Å². The van der Waals surface area contributed by atoms with Crippen LogP contribution in [0.25, 0.3) is 0 Å².